The highest BCUT2D eigenvalue weighted by Gasteiger charge is 2.28. The van der Waals surface area contributed by atoms with E-state index in [0.717, 1.165) is 13.1 Å². The molecule has 0 aliphatic carbocycles. The Kier molecular flexibility index (Phi) is 9.24. The molecule has 2 unspecified atom stereocenters. The van der Waals surface area contributed by atoms with Gasteiger partial charge in [0.25, 0.3) is 5.91 Å². The second kappa shape index (κ2) is 11.4. The van der Waals surface area contributed by atoms with Gasteiger partial charge in [-0.25, -0.2) is 0 Å². The van der Waals surface area contributed by atoms with Gasteiger partial charge in [0.1, 0.15) is 5.75 Å². The van der Waals surface area contributed by atoms with E-state index in [0.29, 0.717) is 62.4 Å². The first kappa shape index (κ1) is 23.5. The number of carbonyl (C=O) groups excluding carboxylic acids is 2. The zero-order valence-corrected chi connectivity index (χ0v) is 18.4. The number of amides is 2. The van der Waals surface area contributed by atoms with Crippen LogP contribution in [0.5, 0.6) is 5.75 Å². The van der Waals surface area contributed by atoms with Gasteiger partial charge in [0.15, 0.2) is 0 Å². The van der Waals surface area contributed by atoms with Gasteiger partial charge in [0, 0.05) is 32.6 Å². The number of halogens is 1. The van der Waals surface area contributed by atoms with Gasteiger partial charge in [0.05, 0.1) is 12.2 Å². The van der Waals surface area contributed by atoms with Crippen LogP contribution in [0.25, 0.3) is 0 Å². The molecular formula is C22H34ClN3O3. The zero-order chi connectivity index (χ0) is 19.9. The maximum Gasteiger partial charge on any atom is 0.257 e. The smallest absolute Gasteiger partial charge is 0.257 e. The molecule has 7 heteroatoms. The fourth-order valence-corrected chi connectivity index (χ4v) is 4.19. The van der Waals surface area contributed by atoms with Crippen LogP contribution in [0.2, 0.25) is 0 Å². The van der Waals surface area contributed by atoms with E-state index in [9.17, 15) is 9.59 Å². The number of hydrogen-bond donors (Lipinski definition) is 1. The molecule has 0 spiro atoms. The predicted octanol–water partition coefficient (Wildman–Crippen LogP) is 2.82. The number of nitrogens with zero attached hydrogens (tertiary/aromatic N) is 2. The van der Waals surface area contributed by atoms with Crippen LogP contribution in [0.1, 0.15) is 43.5 Å². The third-order valence-electron chi connectivity index (χ3n) is 5.97. The molecule has 2 atom stereocenters. The fourth-order valence-electron chi connectivity index (χ4n) is 4.19. The van der Waals surface area contributed by atoms with Gasteiger partial charge in [-0.1, -0.05) is 19.1 Å². The molecule has 2 amide bonds. The molecule has 2 aliphatic heterocycles. The lowest BCUT2D eigenvalue weighted by atomic mass is 9.85. The van der Waals surface area contributed by atoms with Crippen molar-refractivity contribution in [3.05, 3.63) is 29.8 Å². The highest BCUT2D eigenvalue weighted by Crippen LogP contribution is 2.24. The SMILES string of the molecule is CCOc1ccccc1C(=O)N1CCN(C(=O)CC(C)C2CCCNC2)CC1.Cl. The van der Waals surface area contributed by atoms with Crippen molar-refractivity contribution >= 4 is 24.2 Å². The monoisotopic (exact) mass is 423 g/mol. The van der Waals surface area contributed by atoms with Crippen LogP contribution < -0.4 is 10.1 Å². The average Bonchev–Trinajstić information content (AvgIpc) is 2.74. The summed E-state index contributed by atoms with van der Waals surface area (Å²) in [6, 6.07) is 7.38. The molecule has 0 radical (unpaired) electrons. The van der Waals surface area contributed by atoms with Gasteiger partial charge in [0.2, 0.25) is 5.91 Å². The molecule has 6 nitrogen and oxygen atoms in total. The molecule has 0 aromatic heterocycles. The van der Waals surface area contributed by atoms with Crippen molar-refractivity contribution in [2.75, 3.05) is 45.9 Å². The van der Waals surface area contributed by atoms with Crippen LogP contribution in [-0.2, 0) is 4.79 Å². The van der Waals surface area contributed by atoms with Crippen LogP contribution >= 0.6 is 12.4 Å². The average molecular weight is 424 g/mol. The summed E-state index contributed by atoms with van der Waals surface area (Å²) in [4.78, 5) is 29.4. The van der Waals surface area contributed by atoms with E-state index < -0.39 is 0 Å². The van der Waals surface area contributed by atoms with Crippen molar-refractivity contribution in [1.29, 1.82) is 0 Å². The van der Waals surface area contributed by atoms with Gasteiger partial charge in [-0.2, -0.15) is 0 Å². The van der Waals surface area contributed by atoms with E-state index in [1.54, 1.807) is 0 Å². The van der Waals surface area contributed by atoms with Crippen molar-refractivity contribution in [3.8, 4) is 5.75 Å². The van der Waals surface area contributed by atoms with Crippen LogP contribution in [0.4, 0.5) is 0 Å². The van der Waals surface area contributed by atoms with Crippen LogP contribution in [-0.4, -0.2) is 67.5 Å². The molecule has 2 aliphatic rings. The molecule has 2 saturated heterocycles. The Bertz CT molecular complexity index is 671. The molecule has 0 bridgehead atoms. The lowest BCUT2D eigenvalue weighted by molar-refractivity contribution is -0.134. The molecule has 3 rings (SSSR count). The minimum atomic E-state index is -0.0159. The van der Waals surface area contributed by atoms with Gasteiger partial charge in [-0.05, 0) is 56.8 Å². The molecule has 0 saturated carbocycles. The quantitative estimate of drug-likeness (QED) is 0.764. The molecule has 1 N–H and O–H groups in total. The van der Waals surface area contributed by atoms with E-state index in [4.69, 9.17) is 4.74 Å². The molecule has 2 fully saturated rings. The Balaban J connectivity index is 0.00000300. The zero-order valence-electron chi connectivity index (χ0n) is 17.6. The van der Waals surface area contributed by atoms with E-state index in [-0.39, 0.29) is 24.2 Å². The summed E-state index contributed by atoms with van der Waals surface area (Å²) < 4.78 is 5.59. The first-order valence-corrected chi connectivity index (χ1v) is 10.6. The van der Waals surface area contributed by atoms with E-state index in [1.807, 2.05) is 41.0 Å². The van der Waals surface area contributed by atoms with Crippen molar-refractivity contribution in [2.45, 2.75) is 33.1 Å². The first-order chi connectivity index (χ1) is 13.6. The maximum absolute atomic E-state index is 12.9. The third-order valence-corrected chi connectivity index (χ3v) is 5.97. The molecule has 2 heterocycles. The maximum atomic E-state index is 12.9. The number of piperidine rings is 1. The normalized spacial score (nSPS) is 20.6. The summed E-state index contributed by atoms with van der Waals surface area (Å²) in [5.41, 5.74) is 0.600. The summed E-state index contributed by atoms with van der Waals surface area (Å²) >= 11 is 0. The Labute approximate surface area is 180 Å². The Morgan fingerprint density at radius 3 is 2.52 bits per heavy atom. The summed E-state index contributed by atoms with van der Waals surface area (Å²) in [5.74, 6) is 1.83. The molecule has 162 valence electrons. The Morgan fingerprint density at radius 2 is 1.86 bits per heavy atom. The number of hydrogen-bond acceptors (Lipinski definition) is 4. The largest absolute Gasteiger partial charge is 0.493 e. The van der Waals surface area contributed by atoms with E-state index in [1.165, 1.54) is 12.8 Å². The van der Waals surface area contributed by atoms with Crippen molar-refractivity contribution < 1.29 is 14.3 Å². The fraction of sp³-hybridized carbons (Fsp3) is 0.636. The minimum Gasteiger partial charge on any atom is -0.493 e. The van der Waals surface area contributed by atoms with Crippen LogP contribution in [0, 0.1) is 11.8 Å². The molecule has 1 aromatic carbocycles. The van der Waals surface area contributed by atoms with E-state index >= 15 is 0 Å². The van der Waals surface area contributed by atoms with Crippen molar-refractivity contribution in [2.24, 2.45) is 11.8 Å². The van der Waals surface area contributed by atoms with Crippen LogP contribution in [0.15, 0.2) is 24.3 Å². The van der Waals surface area contributed by atoms with Gasteiger partial charge >= 0.3 is 0 Å². The number of ether oxygens (including phenoxy) is 1. The summed E-state index contributed by atoms with van der Waals surface area (Å²) in [5, 5.41) is 3.44. The Morgan fingerprint density at radius 1 is 1.17 bits per heavy atom. The Hall–Kier alpha value is -1.79. The number of carbonyl (C=O) groups is 2. The molecule has 29 heavy (non-hydrogen) atoms. The van der Waals surface area contributed by atoms with Crippen molar-refractivity contribution in [3.63, 3.8) is 0 Å². The van der Waals surface area contributed by atoms with Gasteiger partial charge in [-0.15, -0.1) is 12.4 Å². The lowest BCUT2D eigenvalue weighted by Gasteiger charge is -2.36. The first-order valence-electron chi connectivity index (χ1n) is 10.6. The van der Waals surface area contributed by atoms with Crippen molar-refractivity contribution in [1.82, 2.24) is 15.1 Å². The molecular weight excluding hydrogens is 390 g/mol. The third kappa shape index (κ3) is 6.09. The standard InChI is InChI=1S/C22H33N3O3.ClH/c1-3-28-20-9-5-4-8-19(20)22(27)25-13-11-24(12-14-25)21(26)15-17(2)18-7-6-10-23-16-18;/h4-5,8-9,17-18,23H,3,6-7,10-16H2,1-2H3;1H. The molecule has 1 aromatic rings. The number of rotatable bonds is 6. The lowest BCUT2D eigenvalue weighted by Crippen LogP contribution is -2.51. The minimum absolute atomic E-state index is 0. The number of nitrogens with one attached hydrogen (secondary N) is 1. The topological polar surface area (TPSA) is 61.9 Å². The highest BCUT2D eigenvalue weighted by atomic mass is 35.5. The number of para-hydroxylation sites is 1. The second-order valence-corrected chi connectivity index (χ2v) is 7.89. The number of benzene rings is 1. The summed E-state index contributed by atoms with van der Waals surface area (Å²) in [6.07, 6.45) is 3.02. The predicted molar refractivity (Wildman–Crippen MR) is 117 cm³/mol. The highest BCUT2D eigenvalue weighted by molar-refractivity contribution is 5.97. The second-order valence-electron chi connectivity index (χ2n) is 7.89. The van der Waals surface area contributed by atoms with Gasteiger partial charge < -0.3 is 19.9 Å². The van der Waals surface area contributed by atoms with E-state index in [2.05, 4.69) is 12.2 Å². The summed E-state index contributed by atoms with van der Waals surface area (Å²) in [6.45, 7) is 9.12. The van der Waals surface area contributed by atoms with Gasteiger partial charge in [-0.3, -0.25) is 9.59 Å². The summed E-state index contributed by atoms with van der Waals surface area (Å²) in [7, 11) is 0. The number of piperazine rings is 1. The van der Waals surface area contributed by atoms with Crippen LogP contribution in [0.3, 0.4) is 0 Å².